The molecule has 1 N–H and O–H groups in total. The van der Waals surface area contributed by atoms with E-state index in [1.165, 1.54) is 17.8 Å². The van der Waals surface area contributed by atoms with Crippen molar-refractivity contribution >= 4 is 17.1 Å². The normalized spacial score (nSPS) is 16.5. The van der Waals surface area contributed by atoms with Gasteiger partial charge in [-0.2, -0.15) is 0 Å². The van der Waals surface area contributed by atoms with Crippen LogP contribution < -0.4 is 5.32 Å². The molecule has 15 heavy (non-hydrogen) atoms. The van der Waals surface area contributed by atoms with Gasteiger partial charge in [0.15, 0.2) is 0 Å². The van der Waals surface area contributed by atoms with E-state index >= 15 is 0 Å². The van der Waals surface area contributed by atoms with Crippen LogP contribution >= 0.6 is 12.2 Å². The van der Waals surface area contributed by atoms with E-state index in [-0.39, 0.29) is 0 Å². The average Bonchev–Trinajstić information content (AvgIpc) is 2.09. The van der Waals surface area contributed by atoms with Crippen LogP contribution in [-0.2, 0) is 0 Å². The second-order valence-electron chi connectivity index (χ2n) is 5.40. The summed E-state index contributed by atoms with van der Waals surface area (Å²) in [7, 11) is 4.10. The van der Waals surface area contributed by atoms with E-state index in [1.54, 1.807) is 0 Å². The van der Waals surface area contributed by atoms with Crippen LogP contribution in [0.3, 0.4) is 0 Å². The number of nitrogens with zero attached hydrogens (tertiary/aromatic N) is 1. The SMILES string of the molecule is CNC1=C(N(C)CCC(C)(C)C)CC1=S. The fourth-order valence-electron chi connectivity index (χ4n) is 1.63. The Labute approximate surface area is 98.7 Å². The summed E-state index contributed by atoms with van der Waals surface area (Å²) in [6, 6.07) is 0. The molecule has 1 rings (SSSR count). The van der Waals surface area contributed by atoms with Crippen LogP contribution in [0.4, 0.5) is 0 Å². The van der Waals surface area contributed by atoms with E-state index in [1.807, 2.05) is 7.05 Å². The van der Waals surface area contributed by atoms with Crippen molar-refractivity contribution in [2.75, 3.05) is 20.6 Å². The molecular formula is C12H22N2S. The second kappa shape index (κ2) is 4.52. The Hall–Kier alpha value is -0.570. The van der Waals surface area contributed by atoms with Gasteiger partial charge in [-0.15, -0.1) is 0 Å². The fourth-order valence-corrected chi connectivity index (χ4v) is 1.99. The zero-order chi connectivity index (χ0) is 11.6. The maximum atomic E-state index is 5.21. The molecule has 0 spiro atoms. The predicted molar refractivity (Wildman–Crippen MR) is 70.0 cm³/mol. The number of rotatable bonds is 4. The van der Waals surface area contributed by atoms with Crippen molar-refractivity contribution in [2.24, 2.45) is 5.41 Å². The zero-order valence-electron chi connectivity index (χ0n) is 10.5. The average molecular weight is 226 g/mol. The summed E-state index contributed by atoms with van der Waals surface area (Å²) < 4.78 is 0. The molecule has 0 atom stereocenters. The number of hydrogen-bond acceptors (Lipinski definition) is 3. The largest absolute Gasteiger partial charge is 0.386 e. The summed E-state index contributed by atoms with van der Waals surface area (Å²) >= 11 is 5.21. The van der Waals surface area contributed by atoms with Crippen LogP contribution in [0.5, 0.6) is 0 Å². The summed E-state index contributed by atoms with van der Waals surface area (Å²) in [6.45, 7) is 7.94. The molecule has 3 heteroatoms. The van der Waals surface area contributed by atoms with Gasteiger partial charge in [-0.05, 0) is 11.8 Å². The van der Waals surface area contributed by atoms with Crippen molar-refractivity contribution in [3.63, 3.8) is 0 Å². The van der Waals surface area contributed by atoms with Crippen molar-refractivity contribution in [3.8, 4) is 0 Å². The van der Waals surface area contributed by atoms with Gasteiger partial charge >= 0.3 is 0 Å². The molecule has 86 valence electrons. The van der Waals surface area contributed by atoms with E-state index in [9.17, 15) is 0 Å². The van der Waals surface area contributed by atoms with Crippen molar-refractivity contribution in [2.45, 2.75) is 33.6 Å². The summed E-state index contributed by atoms with van der Waals surface area (Å²) in [5.41, 5.74) is 2.94. The second-order valence-corrected chi connectivity index (χ2v) is 5.90. The molecular weight excluding hydrogens is 204 g/mol. The lowest BCUT2D eigenvalue weighted by Gasteiger charge is -2.34. The number of allylic oxidation sites excluding steroid dienone is 2. The van der Waals surface area contributed by atoms with Gasteiger partial charge in [0.1, 0.15) is 0 Å². The highest BCUT2D eigenvalue weighted by atomic mass is 32.1. The molecule has 2 nitrogen and oxygen atoms in total. The molecule has 0 unspecified atom stereocenters. The predicted octanol–water partition coefficient (Wildman–Crippen LogP) is 2.56. The first-order valence-corrected chi connectivity index (χ1v) is 5.91. The van der Waals surface area contributed by atoms with Gasteiger partial charge in [-0.3, -0.25) is 0 Å². The molecule has 0 amide bonds. The molecule has 0 radical (unpaired) electrons. The summed E-state index contributed by atoms with van der Waals surface area (Å²) in [4.78, 5) is 3.39. The molecule has 0 bridgehead atoms. The lowest BCUT2D eigenvalue weighted by molar-refractivity contribution is 0.296. The van der Waals surface area contributed by atoms with Gasteiger partial charge in [0.25, 0.3) is 0 Å². The minimum atomic E-state index is 0.402. The van der Waals surface area contributed by atoms with E-state index < -0.39 is 0 Å². The Bertz CT molecular complexity index is 286. The zero-order valence-corrected chi connectivity index (χ0v) is 11.3. The van der Waals surface area contributed by atoms with Crippen LogP contribution in [0.2, 0.25) is 0 Å². The van der Waals surface area contributed by atoms with Crippen molar-refractivity contribution < 1.29 is 0 Å². The first-order chi connectivity index (χ1) is 6.85. The summed E-state index contributed by atoms with van der Waals surface area (Å²) in [5.74, 6) is 0. The third-order valence-corrected chi connectivity index (χ3v) is 3.15. The molecule has 0 fully saturated rings. The van der Waals surface area contributed by atoms with Crippen LogP contribution in [0, 0.1) is 5.41 Å². The van der Waals surface area contributed by atoms with E-state index in [0.29, 0.717) is 5.41 Å². The highest BCUT2D eigenvalue weighted by molar-refractivity contribution is 7.81. The Morgan fingerprint density at radius 1 is 1.40 bits per heavy atom. The molecule has 0 aliphatic heterocycles. The van der Waals surface area contributed by atoms with E-state index in [4.69, 9.17) is 12.2 Å². The number of nitrogens with one attached hydrogen (secondary N) is 1. The Balaban J connectivity index is 2.52. The van der Waals surface area contributed by atoms with Gasteiger partial charge in [-0.25, -0.2) is 0 Å². The monoisotopic (exact) mass is 226 g/mol. The lowest BCUT2D eigenvalue weighted by Crippen LogP contribution is -2.36. The molecule has 1 aliphatic rings. The minimum absolute atomic E-state index is 0.402. The third kappa shape index (κ3) is 3.20. The summed E-state index contributed by atoms with van der Waals surface area (Å²) in [5, 5.41) is 3.18. The van der Waals surface area contributed by atoms with Gasteiger partial charge in [0, 0.05) is 37.6 Å². The first kappa shape index (κ1) is 12.5. The molecule has 1 aliphatic carbocycles. The first-order valence-electron chi connectivity index (χ1n) is 5.50. The van der Waals surface area contributed by atoms with Crippen molar-refractivity contribution in [1.82, 2.24) is 10.2 Å². The topological polar surface area (TPSA) is 15.3 Å². The van der Waals surface area contributed by atoms with E-state index in [2.05, 4.69) is 38.0 Å². The summed E-state index contributed by atoms with van der Waals surface area (Å²) in [6.07, 6.45) is 2.17. The standard InChI is InChI=1S/C12H22N2S/c1-12(2,3)6-7-14(5)9-8-10(15)11(9)13-4/h13H,6-8H2,1-5H3. The lowest BCUT2D eigenvalue weighted by atomic mass is 9.91. The van der Waals surface area contributed by atoms with Crippen LogP contribution in [0.25, 0.3) is 0 Å². The highest BCUT2D eigenvalue weighted by Crippen LogP contribution is 2.27. The Kier molecular flexibility index (Phi) is 3.77. The van der Waals surface area contributed by atoms with Gasteiger partial charge in [0.2, 0.25) is 0 Å². The Morgan fingerprint density at radius 3 is 2.40 bits per heavy atom. The van der Waals surface area contributed by atoms with Gasteiger partial charge < -0.3 is 10.2 Å². The van der Waals surface area contributed by atoms with Crippen LogP contribution in [-0.4, -0.2) is 30.4 Å². The minimum Gasteiger partial charge on any atom is -0.386 e. The maximum absolute atomic E-state index is 5.21. The molecule has 0 aromatic rings. The molecule has 0 saturated heterocycles. The van der Waals surface area contributed by atoms with Gasteiger partial charge in [-0.1, -0.05) is 33.0 Å². The number of thiocarbonyl (C=S) groups is 1. The fraction of sp³-hybridized carbons (Fsp3) is 0.750. The van der Waals surface area contributed by atoms with Crippen molar-refractivity contribution in [1.29, 1.82) is 0 Å². The maximum Gasteiger partial charge on any atom is 0.0681 e. The molecule has 0 aromatic heterocycles. The van der Waals surface area contributed by atoms with Crippen LogP contribution in [0.15, 0.2) is 11.4 Å². The highest BCUT2D eigenvalue weighted by Gasteiger charge is 2.25. The van der Waals surface area contributed by atoms with Crippen LogP contribution in [0.1, 0.15) is 33.6 Å². The van der Waals surface area contributed by atoms with E-state index in [0.717, 1.165) is 17.8 Å². The molecule has 0 heterocycles. The van der Waals surface area contributed by atoms with Gasteiger partial charge in [0.05, 0.1) is 5.70 Å². The molecule has 0 aromatic carbocycles. The van der Waals surface area contributed by atoms with Crippen molar-refractivity contribution in [3.05, 3.63) is 11.4 Å². The Morgan fingerprint density at radius 2 is 2.00 bits per heavy atom. The third-order valence-electron chi connectivity index (χ3n) is 2.80. The number of hydrogen-bond donors (Lipinski definition) is 1. The smallest absolute Gasteiger partial charge is 0.0681 e. The quantitative estimate of drug-likeness (QED) is 0.742. The molecule has 0 saturated carbocycles.